The van der Waals surface area contributed by atoms with Gasteiger partial charge < -0.3 is 14.5 Å². The largest absolute Gasteiger partial charge is 0.380 e. The number of hydrogen-bond donors (Lipinski definition) is 0. The fourth-order valence-electron chi connectivity index (χ4n) is 5.10. The summed E-state index contributed by atoms with van der Waals surface area (Å²) in [6.45, 7) is 20.9. The Balaban J connectivity index is 0.00000452. The van der Waals surface area contributed by atoms with E-state index >= 15 is 0 Å². The molecule has 2 aromatic rings. The Morgan fingerprint density at radius 2 is 0.977 bits per heavy atom. The zero-order valence-electron chi connectivity index (χ0n) is 28.8. The molecule has 43 heavy (non-hydrogen) atoms. The van der Waals surface area contributed by atoms with Gasteiger partial charge in [-0.15, -0.1) is 0 Å². The lowest BCUT2D eigenvalue weighted by atomic mass is 9.91. The van der Waals surface area contributed by atoms with E-state index in [0.717, 1.165) is 51.6 Å². The van der Waals surface area contributed by atoms with Crippen LogP contribution in [-0.2, 0) is 27.2 Å². The number of carbonyl (C=O) groups excluding carboxylic acids is 2. The predicted octanol–water partition coefficient (Wildman–Crippen LogP) is 8.60. The van der Waals surface area contributed by atoms with Crippen LogP contribution in [0.2, 0.25) is 0 Å². The van der Waals surface area contributed by atoms with Crippen LogP contribution < -0.4 is 0 Å². The van der Waals surface area contributed by atoms with Gasteiger partial charge in [0.05, 0.1) is 13.2 Å². The first kappa shape index (κ1) is 38.4. The number of hydrogen-bond acceptors (Lipinski definition) is 3. The molecular formula is C38H62N2O3. The van der Waals surface area contributed by atoms with Gasteiger partial charge in [-0.05, 0) is 36.8 Å². The van der Waals surface area contributed by atoms with E-state index in [4.69, 9.17) is 4.74 Å². The molecule has 0 fully saturated rings. The Morgan fingerprint density at radius 1 is 0.628 bits per heavy atom. The molecule has 0 radical (unpaired) electrons. The summed E-state index contributed by atoms with van der Waals surface area (Å²) >= 11 is 0. The van der Waals surface area contributed by atoms with E-state index in [-0.39, 0.29) is 22.6 Å². The molecule has 0 bridgehead atoms. The van der Waals surface area contributed by atoms with Crippen molar-refractivity contribution in [1.29, 1.82) is 0 Å². The summed E-state index contributed by atoms with van der Waals surface area (Å²) in [7, 11) is 0. The average Bonchev–Trinajstić information content (AvgIpc) is 3.00. The lowest BCUT2D eigenvalue weighted by molar-refractivity contribution is -0.133. The predicted molar refractivity (Wildman–Crippen MR) is 182 cm³/mol. The Morgan fingerprint density at radius 3 is 1.30 bits per heavy atom. The Kier molecular flexibility index (Phi) is 18.8. The van der Waals surface area contributed by atoms with Gasteiger partial charge in [0, 0.05) is 49.9 Å². The van der Waals surface area contributed by atoms with Crippen LogP contribution in [0.3, 0.4) is 0 Å². The minimum absolute atomic E-state index is 0.182. The van der Waals surface area contributed by atoms with Crippen molar-refractivity contribution in [3.63, 3.8) is 0 Å². The van der Waals surface area contributed by atoms with E-state index in [1.165, 1.54) is 11.1 Å². The SMILES string of the molecule is CC.CCCCC(=O)N(CCc1ccccc1)CC(C)(C)COCC(C)(C)CN(CCc1ccccc1)C(=O)CCCC. The van der Waals surface area contributed by atoms with Gasteiger partial charge in [0.15, 0.2) is 0 Å². The highest BCUT2D eigenvalue weighted by Gasteiger charge is 2.29. The van der Waals surface area contributed by atoms with Crippen LogP contribution in [0.5, 0.6) is 0 Å². The van der Waals surface area contributed by atoms with E-state index in [1.54, 1.807) is 0 Å². The maximum Gasteiger partial charge on any atom is 0.222 e. The van der Waals surface area contributed by atoms with Crippen molar-refractivity contribution in [2.75, 3.05) is 39.4 Å². The molecule has 0 saturated heterocycles. The molecule has 2 aromatic carbocycles. The number of amides is 2. The minimum atomic E-state index is -0.182. The third-order valence-corrected chi connectivity index (χ3v) is 7.44. The Hall–Kier alpha value is -2.66. The summed E-state index contributed by atoms with van der Waals surface area (Å²) in [5.74, 6) is 0.465. The average molecular weight is 595 g/mol. The van der Waals surface area contributed by atoms with Crippen molar-refractivity contribution in [3.05, 3.63) is 71.8 Å². The van der Waals surface area contributed by atoms with Gasteiger partial charge in [-0.2, -0.15) is 0 Å². The Bertz CT molecular complexity index is 923. The number of ether oxygens (including phenoxy) is 1. The molecule has 0 heterocycles. The lowest BCUT2D eigenvalue weighted by Gasteiger charge is -2.36. The fraction of sp³-hybridized carbons (Fsp3) is 0.632. The van der Waals surface area contributed by atoms with Gasteiger partial charge in [0.2, 0.25) is 11.8 Å². The number of rotatable bonds is 20. The first-order chi connectivity index (χ1) is 20.5. The van der Waals surface area contributed by atoms with E-state index in [1.807, 2.05) is 35.8 Å². The van der Waals surface area contributed by atoms with Crippen molar-refractivity contribution in [3.8, 4) is 0 Å². The van der Waals surface area contributed by atoms with Crippen LogP contribution in [0.25, 0.3) is 0 Å². The van der Waals surface area contributed by atoms with Crippen LogP contribution in [-0.4, -0.2) is 61.0 Å². The lowest BCUT2D eigenvalue weighted by Crippen LogP contribution is -2.44. The molecule has 242 valence electrons. The molecule has 0 atom stereocenters. The summed E-state index contributed by atoms with van der Waals surface area (Å²) in [5.41, 5.74) is 2.14. The van der Waals surface area contributed by atoms with Gasteiger partial charge in [-0.3, -0.25) is 9.59 Å². The Labute approximate surface area is 264 Å². The van der Waals surface area contributed by atoms with E-state index < -0.39 is 0 Å². The van der Waals surface area contributed by atoms with Crippen LogP contribution in [0.1, 0.15) is 105 Å². The molecule has 0 spiro atoms. The van der Waals surface area contributed by atoms with Crippen molar-refractivity contribution in [2.45, 2.75) is 107 Å². The first-order valence-corrected chi connectivity index (χ1v) is 16.8. The number of carbonyl (C=O) groups is 2. The smallest absolute Gasteiger partial charge is 0.222 e. The van der Waals surface area contributed by atoms with Gasteiger partial charge in [-0.25, -0.2) is 0 Å². The summed E-state index contributed by atoms with van der Waals surface area (Å²) in [5, 5.41) is 0. The molecule has 0 aliphatic rings. The number of nitrogens with zero attached hydrogens (tertiary/aromatic N) is 2. The van der Waals surface area contributed by atoms with E-state index in [0.29, 0.717) is 39.1 Å². The summed E-state index contributed by atoms with van der Waals surface area (Å²) < 4.78 is 6.34. The first-order valence-electron chi connectivity index (χ1n) is 16.8. The van der Waals surface area contributed by atoms with Crippen molar-refractivity contribution < 1.29 is 14.3 Å². The zero-order chi connectivity index (χ0) is 32.1. The van der Waals surface area contributed by atoms with Crippen LogP contribution >= 0.6 is 0 Å². The van der Waals surface area contributed by atoms with Crippen LogP contribution in [0, 0.1) is 10.8 Å². The standard InChI is InChI=1S/C36H56N2O3.C2H6/c1-7-9-21-33(39)37(25-23-31-17-13-11-14-18-31)27-35(3,4)29-41-30-36(5,6)28-38(34(40)22-10-8-2)26-24-32-19-15-12-16-20-32;1-2/h11-20H,7-10,21-30H2,1-6H3;1-2H3. The highest BCUT2D eigenvalue weighted by Crippen LogP contribution is 2.24. The molecule has 2 amide bonds. The third kappa shape index (κ3) is 16.7. The second-order valence-electron chi connectivity index (χ2n) is 13.1. The second kappa shape index (κ2) is 21.1. The zero-order valence-corrected chi connectivity index (χ0v) is 28.8. The molecule has 0 unspecified atom stereocenters. The molecule has 0 aliphatic heterocycles. The minimum Gasteiger partial charge on any atom is -0.380 e. The number of unbranched alkanes of at least 4 members (excludes halogenated alkanes) is 2. The van der Waals surface area contributed by atoms with Crippen molar-refractivity contribution >= 4 is 11.8 Å². The molecule has 2 rings (SSSR count). The maximum atomic E-state index is 13.1. The van der Waals surface area contributed by atoms with E-state index in [2.05, 4.69) is 90.1 Å². The molecule has 0 aliphatic carbocycles. The quantitative estimate of drug-likeness (QED) is 0.154. The summed E-state index contributed by atoms with van der Waals surface area (Å²) in [6, 6.07) is 20.8. The highest BCUT2D eigenvalue weighted by molar-refractivity contribution is 5.76. The summed E-state index contributed by atoms with van der Waals surface area (Å²) in [4.78, 5) is 30.3. The van der Waals surface area contributed by atoms with Gasteiger partial charge in [-0.1, -0.05) is 129 Å². The van der Waals surface area contributed by atoms with Gasteiger partial charge >= 0.3 is 0 Å². The van der Waals surface area contributed by atoms with E-state index in [9.17, 15) is 9.59 Å². The molecule has 0 aromatic heterocycles. The van der Waals surface area contributed by atoms with Crippen LogP contribution in [0.15, 0.2) is 60.7 Å². The summed E-state index contributed by atoms with van der Waals surface area (Å²) in [6.07, 6.45) is 6.78. The highest BCUT2D eigenvalue weighted by atomic mass is 16.5. The fourth-order valence-corrected chi connectivity index (χ4v) is 5.10. The van der Waals surface area contributed by atoms with Crippen LogP contribution in [0.4, 0.5) is 0 Å². The van der Waals surface area contributed by atoms with Crippen molar-refractivity contribution in [1.82, 2.24) is 9.80 Å². The number of benzene rings is 2. The monoisotopic (exact) mass is 594 g/mol. The topological polar surface area (TPSA) is 49.9 Å². The molecular weight excluding hydrogens is 532 g/mol. The normalized spacial score (nSPS) is 11.4. The molecule has 5 nitrogen and oxygen atoms in total. The van der Waals surface area contributed by atoms with Gasteiger partial charge in [0.1, 0.15) is 0 Å². The third-order valence-electron chi connectivity index (χ3n) is 7.44. The molecule has 5 heteroatoms. The van der Waals surface area contributed by atoms with Gasteiger partial charge in [0.25, 0.3) is 0 Å². The maximum absolute atomic E-state index is 13.1. The van der Waals surface area contributed by atoms with Crippen molar-refractivity contribution in [2.24, 2.45) is 10.8 Å². The molecule has 0 N–H and O–H groups in total. The second-order valence-corrected chi connectivity index (χ2v) is 13.1. The molecule has 0 saturated carbocycles.